The van der Waals surface area contributed by atoms with Gasteiger partial charge >= 0.3 is 0 Å². The molecule has 1 aromatic heterocycles. The molecule has 0 fully saturated rings. The van der Waals surface area contributed by atoms with Gasteiger partial charge in [0.05, 0.1) is 18.1 Å². The van der Waals surface area contributed by atoms with Crippen molar-refractivity contribution in [3.63, 3.8) is 0 Å². The molecule has 0 aliphatic carbocycles. The van der Waals surface area contributed by atoms with Crippen LogP contribution >= 0.6 is 0 Å². The lowest BCUT2D eigenvalue weighted by molar-refractivity contribution is 0.0981. The highest BCUT2D eigenvalue weighted by Gasteiger charge is 2.22. The number of pyridine rings is 1. The molecule has 2 atom stereocenters. The van der Waals surface area contributed by atoms with E-state index in [1.807, 2.05) is 18.2 Å². The van der Waals surface area contributed by atoms with Crippen molar-refractivity contribution >= 4 is 15.9 Å². The second-order valence-electron chi connectivity index (χ2n) is 9.75. The van der Waals surface area contributed by atoms with Crippen molar-refractivity contribution in [2.75, 3.05) is 20.2 Å². The van der Waals surface area contributed by atoms with Gasteiger partial charge in [0.1, 0.15) is 17.6 Å². The van der Waals surface area contributed by atoms with Crippen LogP contribution in [0.4, 0.5) is 0 Å². The Morgan fingerprint density at radius 3 is 2.54 bits per heavy atom. The number of ether oxygens (including phenoxy) is 2. The van der Waals surface area contributed by atoms with Crippen LogP contribution in [0.1, 0.15) is 34.0 Å². The van der Waals surface area contributed by atoms with Gasteiger partial charge in [-0.15, -0.1) is 0 Å². The number of aliphatic hydroxyl groups excluding tert-OH is 1. The summed E-state index contributed by atoms with van der Waals surface area (Å²) >= 11 is 0. The van der Waals surface area contributed by atoms with Crippen LogP contribution in [0.5, 0.6) is 11.5 Å². The lowest BCUT2D eigenvalue weighted by Crippen LogP contribution is -2.36. The number of carbonyl (C=O) groups is 1. The van der Waals surface area contributed by atoms with E-state index in [-0.39, 0.29) is 16.6 Å². The zero-order chi connectivity index (χ0) is 28.8. The summed E-state index contributed by atoms with van der Waals surface area (Å²) in [4.78, 5) is 16.5. The van der Waals surface area contributed by atoms with Crippen LogP contribution < -0.4 is 19.5 Å². The van der Waals surface area contributed by atoms with Gasteiger partial charge in [-0.1, -0.05) is 24.3 Å². The lowest BCUT2D eigenvalue weighted by Gasteiger charge is -2.27. The molecule has 212 valence electrons. The molecule has 0 unspecified atom stereocenters. The van der Waals surface area contributed by atoms with Gasteiger partial charge in [-0.2, -0.15) is 0 Å². The molecule has 0 saturated carbocycles. The number of benzene rings is 3. The molecule has 1 aliphatic heterocycles. The van der Waals surface area contributed by atoms with Gasteiger partial charge in [-0.3, -0.25) is 9.78 Å². The number of rotatable bonds is 10. The van der Waals surface area contributed by atoms with Gasteiger partial charge in [0.15, 0.2) is 0 Å². The number of aliphatic hydroxyl groups is 1. The number of methoxy groups -OCH3 is 1. The van der Waals surface area contributed by atoms with Crippen molar-refractivity contribution in [3.8, 4) is 22.6 Å². The Morgan fingerprint density at radius 2 is 1.83 bits per heavy atom. The maximum atomic E-state index is 12.8. The monoisotopic (exact) mass is 573 g/mol. The van der Waals surface area contributed by atoms with E-state index in [0.29, 0.717) is 18.8 Å². The summed E-state index contributed by atoms with van der Waals surface area (Å²) in [5.74, 6) is 0.670. The summed E-state index contributed by atoms with van der Waals surface area (Å²) < 4.78 is 39.0. The smallest absolute Gasteiger partial charge is 0.265 e. The first-order chi connectivity index (χ1) is 19.8. The summed E-state index contributed by atoms with van der Waals surface area (Å²) in [6.45, 7) is 1.03. The first kappa shape index (κ1) is 28.3. The summed E-state index contributed by atoms with van der Waals surface area (Å²) in [7, 11) is -2.54. The molecule has 3 N–H and O–H groups in total. The Labute approximate surface area is 239 Å². The molecule has 0 radical (unpaired) electrons. The Hall–Kier alpha value is -4.25. The molecule has 0 saturated heterocycles. The normalized spacial score (nSPS) is 15.3. The number of nitrogens with one attached hydrogen (secondary N) is 2. The van der Waals surface area contributed by atoms with Gasteiger partial charge in [0.25, 0.3) is 15.9 Å². The van der Waals surface area contributed by atoms with Crippen molar-refractivity contribution in [1.29, 1.82) is 0 Å². The van der Waals surface area contributed by atoms with Crippen molar-refractivity contribution in [2.45, 2.75) is 29.9 Å². The molecule has 10 heteroatoms. The number of aryl methyl sites for hydroxylation is 1. The van der Waals surface area contributed by atoms with Crippen LogP contribution in [-0.2, 0) is 16.4 Å². The van der Waals surface area contributed by atoms with Crippen LogP contribution in [0, 0.1) is 0 Å². The summed E-state index contributed by atoms with van der Waals surface area (Å²) in [5, 5.41) is 13.6. The Balaban J connectivity index is 1.17. The molecule has 4 aromatic rings. The first-order valence-corrected chi connectivity index (χ1v) is 14.7. The second-order valence-corrected chi connectivity index (χ2v) is 11.4. The molecule has 5 rings (SSSR count). The third-order valence-corrected chi connectivity index (χ3v) is 8.29. The minimum Gasteiger partial charge on any atom is -0.497 e. The molecule has 0 spiro atoms. The first-order valence-electron chi connectivity index (χ1n) is 13.2. The molecule has 1 aliphatic rings. The minimum absolute atomic E-state index is 0.00612. The SMILES string of the molecule is COc1ccc(C(=O)NS(=O)(=O)c2ccc(-c3ccc4c(c3)CC[C@H](CNC[C@@H](O)c3cccnc3)O4)cc2)cc1. The lowest BCUT2D eigenvalue weighted by atomic mass is 9.97. The molecule has 3 aromatic carbocycles. The second kappa shape index (κ2) is 12.5. The quantitative estimate of drug-likeness (QED) is 0.261. The van der Waals surface area contributed by atoms with Crippen molar-refractivity contribution in [1.82, 2.24) is 15.0 Å². The zero-order valence-electron chi connectivity index (χ0n) is 22.5. The van der Waals surface area contributed by atoms with Crippen LogP contribution in [0.2, 0.25) is 0 Å². The predicted molar refractivity (Wildman–Crippen MR) is 154 cm³/mol. The molecular weight excluding hydrogens is 542 g/mol. The fraction of sp³-hybridized carbons (Fsp3) is 0.226. The summed E-state index contributed by atoms with van der Waals surface area (Å²) in [6.07, 6.45) is 4.36. The average molecular weight is 574 g/mol. The topological polar surface area (TPSA) is 127 Å². The number of sulfonamides is 1. The maximum absolute atomic E-state index is 12.8. The number of aromatic nitrogens is 1. The predicted octanol–water partition coefficient (Wildman–Crippen LogP) is 3.89. The summed E-state index contributed by atoms with van der Waals surface area (Å²) in [6, 6.07) is 22.2. The average Bonchev–Trinajstić information content (AvgIpc) is 3.01. The number of nitrogens with zero attached hydrogens (tertiary/aromatic N) is 1. The molecule has 9 nitrogen and oxygen atoms in total. The molecule has 2 heterocycles. The highest BCUT2D eigenvalue weighted by molar-refractivity contribution is 7.90. The van der Waals surface area contributed by atoms with Gasteiger partial charge in [0, 0.05) is 36.6 Å². The van der Waals surface area contributed by atoms with E-state index >= 15 is 0 Å². The Kier molecular flexibility index (Phi) is 8.63. The van der Waals surface area contributed by atoms with Crippen LogP contribution in [0.15, 0.2) is 96.2 Å². The zero-order valence-corrected chi connectivity index (χ0v) is 23.3. The highest BCUT2D eigenvalue weighted by atomic mass is 32.2. The van der Waals surface area contributed by atoms with Gasteiger partial charge in [-0.25, -0.2) is 13.1 Å². The fourth-order valence-electron chi connectivity index (χ4n) is 4.65. The number of fused-ring (bicyclic) bond motifs is 1. The van der Waals surface area contributed by atoms with Crippen molar-refractivity contribution in [2.24, 2.45) is 0 Å². The van der Waals surface area contributed by atoms with Crippen molar-refractivity contribution < 1.29 is 27.8 Å². The molecule has 1 amide bonds. The molecule has 0 bridgehead atoms. The van der Waals surface area contributed by atoms with E-state index in [1.54, 1.807) is 42.7 Å². The molecular formula is C31H31N3O6S. The number of amides is 1. The molecule has 41 heavy (non-hydrogen) atoms. The highest BCUT2D eigenvalue weighted by Crippen LogP contribution is 2.32. The van der Waals surface area contributed by atoms with Crippen LogP contribution in [-0.4, -0.2) is 50.7 Å². The van der Waals surface area contributed by atoms with Crippen LogP contribution in [0.25, 0.3) is 11.1 Å². The number of carbonyl (C=O) groups excluding carboxylic acids is 1. The minimum atomic E-state index is -4.05. The Morgan fingerprint density at radius 1 is 1.07 bits per heavy atom. The van der Waals surface area contributed by atoms with Gasteiger partial charge in [0.2, 0.25) is 0 Å². The fourth-order valence-corrected chi connectivity index (χ4v) is 5.62. The third-order valence-electron chi connectivity index (χ3n) is 6.95. The Bertz CT molecular complexity index is 1590. The van der Waals surface area contributed by atoms with E-state index in [4.69, 9.17) is 9.47 Å². The van der Waals surface area contributed by atoms with E-state index in [1.165, 1.54) is 31.4 Å². The van der Waals surface area contributed by atoms with Gasteiger partial charge in [-0.05, 0) is 84.1 Å². The van der Waals surface area contributed by atoms with Crippen molar-refractivity contribution in [3.05, 3.63) is 108 Å². The van der Waals surface area contributed by atoms with Crippen LogP contribution in [0.3, 0.4) is 0 Å². The standard InChI is InChI=1S/C31H31N3O6S/c1-39-26-10-4-22(5-11-26)31(36)34-41(37,38)28-13-7-21(8-14-28)23-9-15-30-24(17-23)6-12-27(40-30)19-33-20-29(35)25-3-2-16-32-18-25/h2-5,7-11,13-18,27,29,33,35H,6,12,19-20H2,1H3,(H,34,36)/t27-,29-/m1/s1. The van der Waals surface area contributed by atoms with E-state index in [2.05, 4.69) is 21.1 Å². The van der Waals surface area contributed by atoms with Gasteiger partial charge < -0.3 is 19.9 Å². The largest absolute Gasteiger partial charge is 0.497 e. The van der Waals surface area contributed by atoms with E-state index in [0.717, 1.165) is 40.8 Å². The maximum Gasteiger partial charge on any atom is 0.265 e. The van der Waals surface area contributed by atoms with E-state index in [9.17, 15) is 18.3 Å². The summed E-state index contributed by atoms with van der Waals surface area (Å²) in [5.41, 5.74) is 3.85. The number of hydrogen-bond acceptors (Lipinski definition) is 8. The van der Waals surface area contributed by atoms with E-state index < -0.39 is 22.0 Å². The number of hydrogen-bond donors (Lipinski definition) is 3. The third kappa shape index (κ3) is 6.91.